The zero-order valence-corrected chi connectivity index (χ0v) is 16.1. The van der Waals surface area contributed by atoms with Gasteiger partial charge in [-0.25, -0.2) is 9.78 Å². The minimum absolute atomic E-state index is 0.298. The Bertz CT molecular complexity index is 950. The van der Waals surface area contributed by atoms with Gasteiger partial charge in [0.2, 0.25) is 5.78 Å². The molecule has 2 aromatic heterocycles. The number of rotatable bonds is 4. The molecule has 1 aromatic carbocycles. The Morgan fingerprint density at radius 3 is 2.56 bits per heavy atom. The highest BCUT2D eigenvalue weighted by atomic mass is 35.5. The summed E-state index contributed by atoms with van der Waals surface area (Å²) >= 11 is 13.0. The minimum Gasteiger partial charge on any atom is -0.461 e. The van der Waals surface area contributed by atoms with Gasteiger partial charge in [0.05, 0.1) is 23.0 Å². The first kappa shape index (κ1) is 17.8. The van der Waals surface area contributed by atoms with Crippen LogP contribution in [-0.2, 0) is 11.2 Å². The van der Waals surface area contributed by atoms with Gasteiger partial charge in [0.15, 0.2) is 5.69 Å². The average Bonchev–Trinajstić information content (AvgIpc) is 3.02. The van der Waals surface area contributed by atoms with Gasteiger partial charge in [-0.1, -0.05) is 36.2 Å². The van der Waals surface area contributed by atoms with E-state index in [4.69, 9.17) is 27.9 Å². The predicted octanol–water partition coefficient (Wildman–Crippen LogP) is 4.79. The number of aryl methyl sites for hydroxylation is 3. The number of hydrogen-bond acceptors (Lipinski definition) is 3. The summed E-state index contributed by atoms with van der Waals surface area (Å²) in [7, 11) is 0. The fourth-order valence-electron chi connectivity index (χ4n) is 3.07. The van der Waals surface area contributed by atoms with Gasteiger partial charge in [0.25, 0.3) is 0 Å². The SMILES string of the molecule is CCOC(=O)c1c(CC)nc2n(-c3c(C)cc(C)cc3Cl)c(Cl)cn12. The van der Waals surface area contributed by atoms with Crippen LogP contribution in [0.2, 0.25) is 10.2 Å². The van der Waals surface area contributed by atoms with Gasteiger partial charge in [0.1, 0.15) is 5.15 Å². The third-order valence-electron chi connectivity index (χ3n) is 4.04. The zero-order chi connectivity index (χ0) is 18.3. The first-order valence-electron chi connectivity index (χ1n) is 8.11. The Morgan fingerprint density at radius 1 is 1.24 bits per heavy atom. The zero-order valence-electron chi connectivity index (χ0n) is 14.6. The van der Waals surface area contributed by atoms with E-state index in [0.29, 0.717) is 40.4 Å². The molecule has 0 radical (unpaired) electrons. The van der Waals surface area contributed by atoms with Crippen molar-refractivity contribution in [2.45, 2.75) is 34.1 Å². The summed E-state index contributed by atoms with van der Waals surface area (Å²) in [4.78, 5) is 17.0. The van der Waals surface area contributed by atoms with Crippen LogP contribution in [0.15, 0.2) is 18.3 Å². The molecule has 0 aliphatic carbocycles. The molecular weight excluding hydrogens is 361 g/mol. The number of imidazole rings is 2. The fourth-order valence-corrected chi connectivity index (χ4v) is 3.73. The van der Waals surface area contributed by atoms with Crippen molar-refractivity contribution >= 4 is 34.9 Å². The largest absolute Gasteiger partial charge is 0.461 e. The first-order chi connectivity index (χ1) is 11.9. The van der Waals surface area contributed by atoms with Crippen molar-refractivity contribution in [2.24, 2.45) is 0 Å². The maximum absolute atomic E-state index is 12.4. The number of fused-ring (bicyclic) bond motifs is 1. The number of esters is 1. The lowest BCUT2D eigenvalue weighted by atomic mass is 10.1. The second-order valence-corrected chi connectivity index (χ2v) is 6.65. The molecule has 0 N–H and O–H groups in total. The highest BCUT2D eigenvalue weighted by Crippen LogP contribution is 2.32. The Kier molecular flexibility index (Phi) is 4.80. The van der Waals surface area contributed by atoms with Crippen LogP contribution in [0.4, 0.5) is 0 Å². The number of carbonyl (C=O) groups excluding carboxylic acids is 1. The van der Waals surface area contributed by atoms with Gasteiger partial charge < -0.3 is 4.74 Å². The number of halogens is 2. The van der Waals surface area contributed by atoms with Crippen LogP contribution < -0.4 is 0 Å². The van der Waals surface area contributed by atoms with Gasteiger partial charge in [-0.15, -0.1) is 0 Å². The smallest absolute Gasteiger partial charge is 0.357 e. The Hall–Kier alpha value is -1.98. The minimum atomic E-state index is -0.410. The fraction of sp³-hybridized carbons (Fsp3) is 0.333. The van der Waals surface area contributed by atoms with Crippen molar-refractivity contribution in [3.05, 3.63) is 51.0 Å². The standard InChI is InChI=1S/C18H19Cl2N3O2/c1-5-13-16(17(24)25-6-2)22-9-14(20)23(18(22)21-13)15-11(4)7-10(3)8-12(15)19/h7-9H,5-6H2,1-4H3. The van der Waals surface area contributed by atoms with Crippen LogP contribution in [0.5, 0.6) is 0 Å². The van der Waals surface area contributed by atoms with E-state index in [1.54, 1.807) is 22.1 Å². The molecule has 7 heteroatoms. The van der Waals surface area contributed by atoms with Gasteiger partial charge >= 0.3 is 5.97 Å². The van der Waals surface area contributed by atoms with Crippen LogP contribution in [-0.4, -0.2) is 26.5 Å². The summed E-state index contributed by atoms with van der Waals surface area (Å²) in [5, 5.41) is 1.00. The molecule has 132 valence electrons. The van der Waals surface area contributed by atoms with Gasteiger partial charge in [-0.05, 0) is 44.4 Å². The topological polar surface area (TPSA) is 48.5 Å². The van der Waals surface area contributed by atoms with Crippen molar-refractivity contribution in [1.29, 1.82) is 0 Å². The Labute approximate surface area is 156 Å². The van der Waals surface area contributed by atoms with E-state index in [1.165, 1.54) is 0 Å². The molecule has 0 bridgehead atoms. The quantitative estimate of drug-likeness (QED) is 0.612. The molecule has 25 heavy (non-hydrogen) atoms. The molecule has 2 heterocycles. The van der Waals surface area contributed by atoms with Gasteiger partial charge in [-0.2, -0.15) is 0 Å². The Morgan fingerprint density at radius 2 is 1.96 bits per heavy atom. The molecule has 0 unspecified atom stereocenters. The second kappa shape index (κ2) is 6.73. The number of hydrogen-bond donors (Lipinski definition) is 0. The molecule has 0 amide bonds. The van der Waals surface area contributed by atoms with E-state index < -0.39 is 5.97 Å². The predicted molar refractivity (Wildman–Crippen MR) is 99.3 cm³/mol. The highest BCUT2D eigenvalue weighted by Gasteiger charge is 2.25. The third-order valence-corrected chi connectivity index (χ3v) is 4.59. The second-order valence-electron chi connectivity index (χ2n) is 5.85. The Balaban J connectivity index is 2.32. The average molecular weight is 380 g/mol. The number of aromatic nitrogens is 3. The monoisotopic (exact) mass is 379 g/mol. The van der Waals surface area contributed by atoms with Crippen LogP contribution in [0, 0.1) is 13.8 Å². The van der Waals surface area contributed by atoms with E-state index in [-0.39, 0.29) is 0 Å². The molecule has 0 saturated carbocycles. The summed E-state index contributed by atoms with van der Waals surface area (Å²) in [6, 6.07) is 3.91. The first-order valence-corrected chi connectivity index (χ1v) is 8.87. The molecular formula is C18H19Cl2N3O2. The van der Waals surface area contributed by atoms with Crippen LogP contribution in [0.1, 0.15) is 41.2 Å². The molecule has 3 rings (SSSR count). The van der Waals surface area contributed by atoms with Gasteiger partial charge in [-0.3, -0.25) is 8.97 Å². The maximum Gasteiger partial charge on any atom is 0.357 e. The summed E-state index contributed by atoms with van der Waals surface area (Å²) in [5.74, 6) is 0.131. The number of benzene rings is 1. The molecule has 0 fully saturated rings. The summed E-state index contributed by atoms with van der Waals surface area (Å²) in [5.41, 5.74) is 3.87. The van der Waals surface area contributed by atoms with Crippen molar-refractivity contribution < 1.29 is 9.53 Å². The van der Waals surface area contributed by atoms with Crippen LogP contribution in [0.25, 0.3) is 11.5 Å². The summed E-state index contributed by atoms with van der Waals surface area (Å²) in [6.45, 7) is 7.97. The van der Waals surface area contributed by atoms with E-state index in [2.05, 4.69) is 4.98 Å². The van der Waals surface area contributed by atoms with Crippen molar-refractivity contribution in [1.82, 2.24) is 14.0 Å². The molecule has 0 aliphatic rings. The van der Waals surface area contributed by atoms with E-state index in [1.807, 2.05) is 32.9 Å². The molecule has 0 atom stereocenters. The number of nitrogens with zero attached hydrogens (tertiary/aromatic N) is 3. The summed E-state index contributed by atoms with van der Waals surface area (Å²) < 4.78 is 8.62. The van der Waals surface area contributed by atoms with E-state index >= 15 is 0 Å². The molecule has 0 saturated heterocycles. The van der Waals surface area contributed by atoms with Crippen LogP contribution >= 0.6 is 23.2 Å². The number of carbonyl (C=O) groups is 1. The maximum atomic E-state index is 12.4. The molecule has 5 nitrogen and oxygen atoms in total. The van der Waals surface area contributed by atoms with Crippen LogP contribution in [0.3, 0.4) is 0 Å². The molecule has 3 aromatic rings. The van der Waals surface area contributed by atoms with E-state index in [0.717, 1.165) is 16.8 Å². The van der Waals surface area contributed by atoms with E-state index in [9.17, 15) is 4.79 Å². The third kappa shape index (κ3) is 2.92. The van der Waals surface area contributed by atoms with Crippen molar-refractivity contribution in [2.75, 3.05) is 6.61 Å². The lowest BCUT2D eigenvalue weighted by Crippen LogP contribution is -2.09. The highest BCUT2D eigenvalue weighted by molar-refractivity contribution is 6.33. The lowest BCUT2D eigenvalue weighted by Gasteiger charge is -2.12. The molecule has 0 spiro atoms. The van der Waals surface area contributed by atoms with Crippen molar-refractivity contribution in [3.63, 3.8) is 0 Å². The molecule has 0 aliphatic heterocycles. The summed E-state index contributed by atoms with van der Waals surface area (Å²) in [6.07, 6.45) is 2.28. The lowest BCUT2D eigenvalue weighted by molar-refractivity contribution is 0.0517. The number of ether oxygens (including phenoxy) is 1. The van der Waals surface area contributed by atoms with Crippen molar-refractivity contribution in [3.8, 4) is 5.69 Å². The van der Waals surface area contributed by atoms with Gasteiger partial charge in [0, 0.05) is 6.20 Å². The normalized spacial score (nSPS) is 11.3.